The van der Waals surface area contributed by atoms with Crippen LogP contribution in [0.15, 0.2) is 12.3 Å². The average Bonchev–Trinajstić information content (AvgIpc) is 2.60. The predicted molar refractivity (Wildman–Crippen MR) is 60.4 cm³/mol. The molecule has 0 aliphatic rings. The van der Waals surface area contributed by atoms with E-state index in [1.165, 1.54) is 0 Å². The molecule has 0 aromatic carbocycles. The number of anilines is 1. The van der Waals surface area contributed by atoms with Crippen LogP contribution in [0.4, 0.5) is 5.82 Å². The van der Waals surface area contributed by atoms with E-state index in [0.29, 0.717) is 18.9 Å². The molecule has 0 saturated carbocycles. The number of nitrogens with two attached hydrogens (primary N) is 1. The van der Waals surface area contributed by atoms with Gasteiger partial charge in [-0.2, -0.15) is 5.10 Å². The van der Waals surface area contributed by atoms with Crippen molar-refractivity contribution in [2.75, 3.05) is 25.4 Å². The Kier molecular flexibility index (Phi) is 4.58. The molecule has 1 heterocycles. The van der Waals surface area contributed by atoms with Crippen molar-refractivity contribution in [3.63, 3.8) is 0 Å². The molecule has 0 radical (unpaired) electrons. The number of rotatable bonds is 6. The molecule has 15 heavy (non-hydrogen) atoms. The van der Waals surface area contributed by atoms with Crippen LogP contribution in [0, 0.1) is 0 Å². The molecule has 0 aliphatic heterocycles. The minimum absolute atomic E-state index is 0.399. The second-order valence-electron chi connectivity index (χ2n) is 3.60. The molecule has 5 nitrogen and oxygen atoms in total. The number of likely N-dealkylation sites (N-methyl/N-ethyl adjacent to an activating group) is 1. The van der Waals surface area contributed by atoms with E-state index in [1.54, 1.807) is 16.9 Å². The van der Waals surface area contributed by atoms with Crippen LogP contribution in [0.1, 0.15) is 13.8 Å². The highest BCUT2D eigenvalue weighted by atomic mass is 16.3. The summed E-state index contributed by atoms with van der Waals surface area (Å²) in [6.45, 7) is 7.24. The van der Waals surface area contributed by atoms with Gasteiger partial charge in [-0.1, -0.05) is 13.8 Å². The van der Waals surface area contributed by atoms with Crippen molar-refractivity contribution in [1.82, 2.24) is 14.7 Å². The van der Waals surface area contributed by atoms with E-state index in [-0.39, 0.29) is 0 Å². The van der Waals surface area contributed by atoms with E-state index in [1.807, 2.05) is 0 Å². The van der Waals surface area contributed by atoms with Crippen molar-refractivity contribution in [3.05, 3.63) is 12.3 Å². The Labute approximate surface area is 90.5 Å². The van der Waals surface area contributed by atoms with Crippen LogP contribution in [-0.4, -0.2) is 45.5 Å². The lowest BCUT2D eigenvalue weighted by Gasteiger charge is -2.21. The first-order chi connectivity index (χ1) is 7.15. The van der Waals surface area contributed by atoms with Gasteiger partial charge in [0.1, 0.15) is 5.82 Å². The molecule has 5 heteroatoms. The zero-order chi connectivity index (χ0) is 11.3. The Morgan fingerprint density at radius 3 is 2.67 bits per heavy atom. The smallest absolute Gasteiger partial charge is 0.145 e. The number of aromatic nitrogens is 2. The third kappa shape index (κ3) is 3.89. The van der Waals surface area contributed by atoms with Crippen LogP contribution in [-0.2, 0) is 6.54 Å². The zero-order valence-corrected chi connectivity index (χ0v) is 9.43. The summed E-state index contributed by atoms with van der Waals surface area (Å²) in [5.74, 6) is 0.491. The lowest BCUT2D eigenvalue weighted by molar-refractivity contribution is 0.0998. The number of hydrogen-bond acceptors (Lipinski definition) is 4. The third-order valence-electron chi connectivity index (χ3n) is 2.42. The molecule has 0 aliphatic carbocycles. The topological polar surface area (TPSA) is 67.3 Å². The normalized spacial score (nSPS) is 13.3. The molecule has 3 N–H and O–H groups in total. The maximum absolute atomic E-state index is 9.80. The summed E-state index contributed by atoms with van der Waals surface area (Å²) in [6.07, 6.45) is 1.38. The first-order valence-electron chi connectivity index (χ1n) is 5.35. The van der Waals surface area contributed by atoms with E-state index in [9.17, 15) is 5.11 Å². The van der Waals surface area contributed by atoms with Crippen LogP contribution in [0.5, 0.6) is 0 Å². The average molecular weight is 212 g/mol. The molecule has 0 spiro atoms. The highest BCUT2D eigenvalue weighted by Gasteiger charge is 2.09. The molecular formula is C10H20N4O. The molecule has 0 fully saturated rings. The summed E-state index contributed by atoms with van der Waals surface area (Å²) in [5.41, 5.74) is 5.48. The van der Waals surface area contributed by atoms with Gasteiger partial charge in [-0.25, -0.2) is 0 Å². The van der Waals surface area contributed by atoms with Gasteiger partial charge in [-0.15, -0.1) is 0 Å². The van der Waals surface area contributed by atoms with Gasteiger partial charge >= 0.3 is 0 Å². The predicted octanol–water partition coefficient (Wildman–Crippen LogP) is 0.168. The van der Waals surface area contributed by atoms with Crippen LogP contribution in [0.25, 0.3) is 0 Å². The fourth-order valence-electron chi connectivity index (χ4n) is 1.53. The second-order valence-corrected chi connectivity index (χ2v) is 3.60. The number of hydrogen-bond donors (Lipinski definition) is 2. The van der Waals surface area contributed by atoms with Gasteiger partial charge < -0.3 is 15.7 Å². The molecule has 0 bridgehead atoms. The highest BCUT2D eigenvalue weighted by Crippen LogP contribution is 1.99. The highest BCUT2D eigenvalue weighted by molar-refractivity contribution is 5.23. The monoisotopic (exact) mass is 212 g/mol. The van der Waals surface area contributed by atoms with Crippen LogP contribution < -0.4 is 5.73 Å². The minimum atomic E-state index is -0.399. The minimum Gasteiger partial charge on any atom is -0.390 e. The quantitative estimate of drug-likeness (QED) is 0.705. The van der Waals surface area contributed by atoms with Gasteiger partial charge in [0, 0.05) is 12.7 Å². The lowest BCUT2D eigenvalue weighted by atomic mass is 10.3. The van der Waals surface area contributed by atoms with Crippen molar-refractivity contribution in [1.29, 1.82) is 0 Å². The van der Waals surface area contributed by atoms with Crippen molar-refractivity contribution in [2.45, 2.75) is 26.5 Å². The molecule has 0 saturated heterocycles. The van der Waals surface area contributed by atoms with Gasteiger partial charge in [-0.05, 0) is 19.2 Å². The number of aliphatic hydroxyl groups is 1. The van der Waals surface area contributed by atoms with Gasteiger partial charge in [0.2, 0.25) is 0 Å². The first kappa shape index (κ1) is 12.0. The molecular weight excluding hydrogens is 192 g/mol. The summed E-state index contributed by atoms with van der Waals surface area (Å²) in [4.78, 5) is 2.18. The molecule has 86 valence electrons. The van der Waals surface area contributed by atoms with E-state index in [4.69, 9.17) is 5.73 Å². The zero-order valence-electron chi connectivity index (χ0n) is 9.43. The molecule has 1 atom stereocenters. The van der Waals surface area contributed by atoms with Crippen molar-refractivity contribution in [2.24, 2.45) is 0 Å². The SMILES string of the molecule is CCN(CC)CC(O)Cn1ccc(N)n1. The van der Waals surface area contributed by atoms with Crippen molar-refractivity contribution in [3.8, 4) is 0 Å². The summed E-state index contributed by atoms with van der Waals surface area (Å²) in [5, 5.41) is 13.8. The maximum atomic E-state index is 9.80. The Morgan fingerprint density at radius 2 is 2.20 bits per heavy atom. The fourth-order valence-corrected chi connectivity index (χ4v) is 1.53. The lowest BCUT2D eigenvalue weighted by Crippen LogP contribution is -2.34. The molecule has 1 unspecified atom stereocenters. The second kappa shape index (κ2) is 5.72. The van der Waals surface area contributed by atoms with E-state index in [0.717, 1.165) is 13.1 Å². The van der Waals surface area contributed by atoms with Crippen LogP contribution >= 0.6 is 0 Å². The first-order valence-corrected chi connectivity index (χ1v) is 5.35. The Bertz CT molecular complexity index is 283. The van der Waals surface area contributed by atoms with Crippen molar-refractivity contribution >= 4 is 5.82 Å². The number of nitrogens with zero attached hydrogens (tertiary/aromatic N) is 3. The molecule has 0 amide bonds. The summed E-state index contributed by atoms with van der Waals surface area (Å²) in [7, 11) is 0. The summed E-state index contributed by atoms with van der Waals surface area (Å²) < 4.78 is 1.67. The molecule has 1 rings (SSSR count). The number of aliphatic hydroxyl groups excluding tert-OH is 1. The Morgan fingerprint density at radius 1 is 1.53 bits per heavy atom. The van der Waals surface area contributed by atoms with E-state index in [2.05, 4.69) is 23.8 Å². The van der Waals surface area contributed by atoms with Gasteiger partial charge in [0.15, 0.2) is 0 Å². The van der Waals surface area contributed by atoms with E-state index < -0.39 is 6.10 Å². The Balaban J connectivity index is 2.38. The van der Waals surface area contributed by atoms with Gasteiger partial charge in [0.25, 0.3) is 0 Å². The fraction of sp³-hybridized carbons (Fsp3) is 0.700. The van der Waals surface area contributed by atoms with E-state index >= 15 is 0 Å². The molecule has 1 aromatic heterocycles. The summed E-state index contributed by atoms with van der Waals surface area (Å²) in [6, 6.07) is 1.73. The third-order valence-corrected chi connectivity index (χ3v) is 2.42. The van der Waals surface area contributed by atoms with Crippen LogP contribution in [0.3, 0.4) is 0 Å². The van der Waals surface area contributed by atoms with Crippen molar-refractivity contribution < 1.29 is 5.11 Å². The van der Waals surface area contributed by atoms with Gasteiger partial charge in [-0.3, -0.25) is 4.68 Å². The maximum Gasteiger partial charge on any atom is 0.145 e. The van der Waals surface area contributed by atoms with Gasteiger partial charge in [0.05, 0.1) is 12.6 Å². The molecule has 1 aromatic rings. The number of nitrogen functional groups attached to an aromatic ring is 1. The standard InChI is InChI=1S/C10H20N4O/c1-3-13(4-2)7-9(15)8-14-6-5-10(11)12-14/h5-6,9,15H,3-4,7-8H2,1-2H3,(H2,11,12). The largest absolute Gasteiger partial charge is 0.390 e. The summed E-state index contributed by atoms with van der Waals surface area (Å²) >= 11 is 0. The Hall–Kier alpha value is -1.07. The van der Waals surface area contributed by atoms with Crippen LogP contribution in [0.2, 0.25) is 0 Å².